The van der Waals surface area contributed by atoms with Gasteiger partial charge in [-0.25, -0.2) is 0 Å². The van der Waals surface area contributed by atoms with Crippen LogP contribution in [-0.2, 0) is 13.0 Å². The van der Waals surface area contributed by atoms with E-state index in [1.807, 2.05) is 13.0 Å². The molecule has 0 spiro atoms. The van der Waals surface area contributed by atoms with Crippen molar-refractivity contribution in [1.82, 2.24) is 4.98 Å². The average molecular weight is 269 g/mol. The lowest BCUT2D eigenvalue weighted by Crippen LogP contribution is -2.17. The van der Waals surface area contributed by atoms with E-state index in [9.17, 15) is 0 Å². The minimum atomic E-state index is 0.698. The summed E-state index contributed by atoms with van der Waals surface area (Å²) < 4.78 is 0. The molecular weight excluding hydrogens is 246 g/mol. The summed E-state index contributed by atoms with van der Waals surface area (Å²) in [5, 5.41) is 0. The van der Waals surface area contributed by atoms with E-state index >= 15 is 0 Å². The Morgan fingerprint density at radius 2 is 1.95 bits per heavy atom. The Hall–Kier alpha value is -1.87. The van der Waals surface area contributed by atoms with Gasteiger partial charge in [0.2, 0.25) is 0 Å². The lowest BCUT2D eigenvalue weighted by Gasteiger charge is -2.20. The molecule has 0 unspecified atom stereocenters. The zero-order chi connectivity index (χ0) is 14.5. The molecule has 0 radical (unpaired) electrons. The van der Waals surface area contributed by atoms with Crippen LogP contribution in [0.4, 0.5) is 5.69 Å². The van der Waals surface area contributed by atoms with Gasteiger partial charge in [-0.05, 0) is 62.2 Å². The van der Waals surface area contributed by atoms with Gasteiger partial charge in [0.05, 0.1) is 12.2 Å². The summed E-state index contributed by atoms with van der Waals surface area (Å²) >= 11 is 0. The maximum atomic E-state index is 5.62. The van der Waals surface area contributed by atoms with E-state index in [2.05, 4.69) is 54.2 Å². The molecule has 0 atom stereocenters. The third-order valence-electron chi connectivity index (χ3n) is 3.53. The fourth-order valence-electron chi connectivity index (χ4n) is 2.38. The largest absolute Gasteiger partial charge is 0.369 e. The van der Waals surface area contributed by atoms with Crippen LogP contribution in [0.1, 0.15) is 22.5 Å². The number of pyridine rings is 1. The first-order valence-electron chi connectivity index (χ1n) is 7.03. The summed E-state index contributed by atoms with van der Waals surface area (Å²) in [5.41, 5.74) is 11.6. The van der Waals surface area contributed by atoms with E-state index in [0.717, 1.165) is 24.4 Å². The second-order valence-electron chi connectivity index (χ2n) is 5.28. The van der Waals surface area contributed by atoms with Crippen molar-refractivity contribution in [3.8, 4) is 0 Å². The summed E-state index contributed by atoms with van der Waals surface area (Å²) in [5.74, 6) is 0. The van der Waals surface area contributed by atoms with Crippen LogP contribution < -0.4 is 10.6 Å². The smallest absolute Gasteiger partial charge is 0.0600 e. The normalized spacial score (nSPS) is 10.6. The molecule has 1 heterocycles. The number of benzene rings is 1. The fourth-order valence-corrected chi connectivity index (χ4v) is 2.38. The lowest BCUT2D eigenvalue weighted by atomic mass is 10.0. The molecule has 2 N–H and O–H groups in total. The Labute approximate surface area is 121 Å². The predicted molar refractivity (Wildman–Crippen MR) is 85.0 cm³/mol. The van der Waals surface area contributed by atoms with Crippen LogP contribution in [0, 0.1) is 13.8 Å². The molecule has 0 saturated heterocycles. The first kappa shape index (κ1) is 14.5. The van der Waals surface area contributed by atoms with Crippen LogP contribution in [0.3, 0.4) is 0 Å². The Bertz CT molecular complexity index is 578. The molecule has 20 heavy (non-hydrogen) atoms. The van der Waals surface area contributed by atoms with Crippen LogP contribution in [0.15, 0.2) is 36.4 Å². The van der Waals surface area contributed by atoms with Gasteiger partial charge in [-0.15, -0.1) is 0 Å². The number of aromatic nitrogens is 1. The van der Waals surface area contributed by atoms with Crippen molar-refractivity contribution in [1.29, 1.82) is 0 Å². The van der Waals surface area contributed by atoms with E-state index in [4.69, 9.17) is 5.73 Å². The molecule has 0 amide bonds. The van der Waals surface area contributed by atoms with Gasteiger partial charge in [-0.3, -0.25) is 4.98 Å². The fraction of sp³-hybridized carbons (Fsp3) is 0.353. The van der Waals surface area contributed by atoms with Crippen molar-refractivity contribution < 1.29 is 0 Å². The maximum absolute atomic E-state index is 5.62. The monoisotopic (exact) mass is 269 g/mol. The molecule has 0 saturated carbocycles. The highest BCUT2D eigenvalue weighted by atomic mass is 15.1. The number of hydrogen-bond acceptors (Lipinski definition) is 3. The molecule has 0 aliphatic rings. The molecule has 0 aliphatic heterocycles. The molecule has 2 aromatic rings. The molecule has 0 bridgehead atoms. The quantitative estimate of drug-likeness (QED) is 0.907. The summed E-state index contributed by atoms with van der Waals surface area (Å²) in [6.45, 7) is 5.68. The van der Waals surface area contributed by atoms with Crippen LogP contribution in [0.2, 0.25) is 0 Å². The van der Waals surface area contributed by atoms with E-state index in [1.165, 1.54) is 16.8 Å². The predicted octanol–water partition coefficient (Wildman–Crippen LogP) is 2.84. The van der Waals surface area contributed by atoms with Gasteiger partial charge < -0.3 is 10.6 Å². The second-order valence-corrected chi connectivity index (χ2v) is 5.28. The van der Waals surface area contributed by atoms with Gasteiger partial charge in [0.25, 0.3) is 0 Å². The van der Waals surface area contributed by atoms with Crippen LogP contribution in [0.5, 0.6) is 0 Å². The molecule has 3 heteroatoms. The number of rotatable bonds is 5. The SMILES string of the molecule is Cc1cccc(CN(C)c2ccc(CCN)c(C)c2)n1. The Balaban J connectivity index is 2.13. The molecular formula is C17H23N3. The van der Waals surface area contributed by atoms with Crippen LogP contribution in [0.25, 0.3) is 0 Å². The Morgan fingerprint density at radius 1 is 1.15 bits per heavy atom. The number of nitrogens with zero attached hydrogens (tertiary/aromatic N) is 2. The third kappa shape index (κ3) is 3.58. The number of nitrogens with two attached hydrogens (primary N) is 1. The molecule has 0 aliphatic carbocycles. The number of anilines is 1. The summed E-state index contributed by atoms with van der Waals surface area (Å²) in [7, 11) is 2.10. The second kappa shape index (κ2) is 6.53. The zero-order valence-electron chi connectivity index (χ0n) is 12.6. The molecule has 106 valence electrons. The Kier molecular flexibility index (Phi) is 4.74. The maximum Gasteiger partial charge on any atom is 0.0600 e. The highest BCUT2D eigenvalue weighted by Crippen LogP contribution is 2.20. The minimum absolute atomic E-state index is 0.698. The Morgan fingerprint density at radius 3 is 2.60 bits per heavy atom. The summed E-state index contributed by atoms with van der Waals surface area (Å²) in [4.78, 5) is 6.77. The van der Waals surface area contributed by atoms with Gasteiger partial charge in [-0.1, -0.05) is 12.1 Å². The molecule has 0 fully saturated rings. The lowest BCUT2D eigenvalue weighted by molar-refractivity contribution is 0.874. The highest BCUT2D eigenvalue weighted by molar-refractivity contribution is 5.50. The summed E-state index contributed by atoms with van der Waals surface area (Å²) in [6.07, 6.45) is 0.940. The van der Waals surface area contributed by atoms with Gasteiger partial charge in [-0.2, -0.15) is 0 Å². The van der Waals surface area contributed by atoms with Crippen molar-refractivity contribution >= 4 is 5.69 Å². The average Bonchev–Trinajstić information content (AvgIpc) is 2.41. The number of hydrogen-bond donors (Lipinski definition) is 1. The third-order valence-corrected chi connectivity index (χ3v) is 3.53. The van der Waals surface area contributed by atoms with Crippen LogP contribution >= 0.6 is 0 Å². The van der Waals surface area contributed by atoms with Crippen LogP contribution in [-0.4, -0.2) is 18.6 Å². The minimum Gasteiger partial charge on any atom is -0.369 e. The van der Waals surface area contributed by atoms with Gasteiger partial charge in [0.15, 0.2) is 0 Å². The van der Waals surface area contributed by atoms with Crippen molar-refractivity contribution in [2.24, 2.45) is 5.73 Å². The van der Waals surface area contributed by atoms with Crippen molar-refractivity contribution in [3.05, 3.63) is 58.9 Å². The van der Waals surface area contributed by atoms with Crippen molar-refractivity contribution in [2.75, 3.05) is 18.5 Å². The molecule has 1 aromatic carbocycles. The first-order valence-corrected chi connectivity index (χ1v) is 7.03. The first-order chi connectivity index (χ1) is 9.60. The zero-order valence-corrected chi connectivity index (χ0v) is 12.6. The van der Waals surface area contributed by atoms with E-state index < -0.39 is 0 Å². The molecule has 1 aromatic heterocycles. The molecule has 2 rings (SSSR count). The van der Waals surface area contributed by atoms with E-state index in [-0.39, 0.29) is 0 Å². The highest BCUT2D eigenvalue weighted by Gasteiger charge is 2.06. The van der Waals surface area contributed by atoms with E-state index in [1.54, 1.807) is 0 Å². The molecule has 3 nitrogen and oxygen atoms in total. The van der Waals surface area contributed by atoms with Crippen molar-refractivity contribution in [2.45, 2.75) is 26.8 Å². The number of aryl methyl sites for hydroxylation is 2. The van der Waals surface area contributed by atoms with Crippen molar-refractivity contribution in [3.63, 3.8) is 0 Å². The summed E-state index contributed by atoms with van der Waals surface area (Å²) in [6, 6.07) is 12.7. The van der Waals surface area contributed by atoms with Gasteiger partial charge in [0.1, 0.15) is 0 Å². The standard InChI is InChI=1S/C17H23N3/c1-13-11-17(8-7-15(13)9-10-18)20(3)12-16-6-4-5-14(2)19-16/h4-8,11H,9-10,12,18H2,1-3H3. The van der Waals surface area contributed by atoms with E-state index in [0.29, 0.717) is 6.54 Å². The van der Waals surface area contributed by atoms with Gasteiger partial charge >= 0.3 is 0 Å². The topological polar surface area (TPSA) is 42.1 Å². The van der Waals surface area contributed by atoms with Gasteiger partial charge in [0, 0.05) is 18.4 Å².